The van der Waals surface area contributed by atoms with E-state index in [2.05, 4.69) is 50.0 Å². The molecule has 0 radical (unpaired) electrons. The smallest absolute Gasteiger partial charge is 0.0426 e. The Hall–Kier alpha value is -0.730. The van der Waals surface area contributed by atoms with Crippen molar-refractivity contribution in [2.24, 2.45) is 0 Å². The molecule has 0 aliphatic rings. The summed E-state index contributed by atoms with van der Waals surface area (Å²) >= 11 is 6.18. The van der Waals surface area contributed by atoms with Gasteiger partial charge in [-0.25, -0.2) is 0 Å². The molecule has 1 N–H and O–H groups in total. The van der Waals surface area contributed by atoms with E-state index in [9.17, 15) is 0 Å². The molecule has 0 spiro atoms. The maximum absolute atomic E-state index is 6.18. The highest BCUT2D eigenvalue weighted by atomic mass is 35.5. The highest BCUT2D eigenvalue weighted by Crippen LogP contribution is 2.25. The molecule has 0 bridgehead atoms. The lowest BCUT2D eigenvalue weighted by molar-refractivity contribution is 0.587. The van der Waals surface area contributed by atoms with Crippen LogP contribution in [0.5, 0.6) is 0 Å². The average molecular weight is 283 g/mol. The van der Waals surface area contributed by atoms with Crippen LogP contribution >= 0.6 is 11.6 Å². The summed E-state index contributed by atoms with van der Waals surface area (Å²) in [5.74, 6) is 0. The molecule has 3 heteroatoms. The van der Waals surface area contributed by atoms with Gasteiger partial charge in [-0.05, 0) is 30.5 Å². The molecule has 0 amide bonds. The molecule has 1 aromatic carbocycles. The number of halogens is 1. The van der Waals surface area contributed by atoms with Crippen LogP contribution in [0.25, 0.3) is 0 Å². The lowest BCUT2D eigenvalue weighted by atomic mass is 10.1. The fourth-order valence-corrected chi connectivity index (χ4v) is 2.35. The summed E-state index contributed by atoms with van der Waals surface area (Å²) in [5, 5.41) is 4.31. The van der Waals surface area contributed by atoms with Gasteiger partial charge in [0.2, 0.25) is 0 Å². The summed E-state index contributed by atoms with van der Waals surface area (Å²) in [6.45, 7) is 11.9. The number of nitrogens with one attached hydrogen (secondary N) is 1. The number of rotatable bonds is 8. The molecule has 0 aromatic heterocycles. The van der Waals surface area contributed by atoms with Crippen LogP contribution in [-0.4, -0.2) is 19.1 Å². The molecule has 0 saturated heterocycles. The second-order valence-electron chi connectivity index (χ2n) is 5.30. The molecule has 1 rings (SSSR count). The fourth-order valence-electron chi connectivity index (χ4n) is 2.19. The predicted octanol–water partition coefficient (Wildman–Crippen LogP) is 4.46. The normalized spacial score (nSPS) is 11.1. The highest BCUT2D eigenvalue weighted by Gasteiger charge is 2.11. The van der Waals surface area contributed by atoms with Gasteiger partial charge in [-0.1, -0.05) is 45.4 Å². The van der Waals surface area contributed by atoms with Gasteiger partial charge in [-0.15, -0.1) is 0 Å². The van der Waals surface area contributed by atoms with E-state index in [1.165, 1.54) is 11.3 Å². The SMILES string of the molecule is CCCN(CCC)c1cc(Cl)ccc1CNC(C)C. The zero-order valence-corrected chi connectivity index (χ0v) is 13.4. The van der Waals surface area contributed by atoms with Crippen molar-refractivity contribution in [2.75, 3.05) is 18.0 Å². The third kappa shape index (κ3) is 5.42. The van der Waals surface area contributed by atoms with E-state index in [0.717, 1.165) is 37.5 Å². The molecule has 0 unspecified atom stereocenters. The largest absolute Gasteiger partial charge is 0.371 e. The predicted molar refractivity (Wildman–Crippen MR) is 86.2 cm³/mol. The zero-order chi connectivity index (χ0) is 14.3. The number of hydrogen-bond donors (Lipinski definition) is 1. The minimum Gasteiger partial charge on any atom is -0.371 e. The quantitative estimate of drug-likeness (QED) is 0.757. The Bertz CT molecular complexity index is 371. The van der Waals surface area contributed by atoms with Crippen molar-refractivity contribution in [3.05, 3.63) is 28.8 Å². The van der Waals surface area contributed by atoms with Gasteiger partial charge >= 0.3 is 0 Å². The molecular weight excluding hydrogens is 256 g/mol. The Balaban J connectivity index is 2.95. The number of nitrogens with zero attached hydrogens (tertiary/aromatic N) is 1. The third-order valence-electron chi connectivity index (χ3n) is 3.08. The minimum atomic E-state index is 0.495. The van der Waals surface area contributed by atoms with Crippen molar-refractivity contribution >= 4 is 17.3 Å². The van der Waals surface area contributed by atoms with E-state index in [1.54, 1.807) is 0 Å². The summed E-state index contributed by atoms with van der Waals surface area (Å²) in [5.41, 5.74) is 2.62. The van der Waals surface area contributed by atoms with Crippen LogP contribution in [0.15, 0.2) is 18.2 Å². The molecular formula is C16H27ClN2. The summed E-state index contributed by atoms with van der Waals surface area (Å²) in [4.78, 5) is 2.45. The second kappa shape index (κ2) is 8.44. The molecule has 1 aromatic rings. The Kier molecular flexibility index (Phi) is 7.25. The van der Waals surface area contributed by atoms with E-state index < -0.39 is 0 Å². The molecule has 0 fully saturated rings. The van der Waals surface area contributed by atoms with Crippen molar-refractivity contribution in [3.8, 4) is 0 Å². The molecule has 0 aliphatic heterocycles. The molecule has 19 heavy (non-hydrogen) atoms. The van der Waals surface area contributed by atoms with E-state index in [1.807, 2.05) is 6.07 Å². The lowest BCUT2D eigenvalue weighted by Crippen LogP contribution is -2.28. The van der Waals surface area contributed by atoms with Gasteiger partial charge in [0.05, 0.1) is 0 Å². The molecule has 0 atom stereocenters. The van der Waals surface area contributed by atoms with Crippen molar-refractivity contribution in [1.82, 2.24) is 5.32 Å². The molecule has 0 aliphatic carbocycles. The fraction of sp³-hybridized carbons (Fsp3) is 0.625. The van der Waals surface area contributed by atoms with Crippen LogP contribution in [0.2, 0.25) is 5.02 Å². The van der Waals surface area contributed by atoms with Crippen LogP contribution in [-0.2, 0) is 6.54 Å². The van der Waals surface area contributed by atoms with Gasteiger partial charge in [0.1, 0.15) is 0 Å². The Labute approximate surface area is 123 Å². The monoisotopic (exact) mass is 282 g/mol. The van der Waals surface area contributed by atoms with Crippen molar-refractivity contribution < 1.29 is 0 Å². The van der Waals surface area contributed by atoms with E-state index in [4.69, 9.17) is 11.6 Å². The van der Waals surface area contributed by atoms with Gasteiger partial charge in [0.25, 0.3) is 0 Å². The van der Waals surface area contributed by atoms with Crippen molar-refractivity contribution in [1.29, 1.82) is 0 Å². The molecule has 2 nitrogen and oxygen atoms in total. The highest BCUT2D eigenvalue weighted by molar-refractivity contribution is 6.30. The summed E-state index contributed by atoms with van der Waals surface area (Å²) < 4.78 is 0. The zero-order valence-electron chi connectivity index (χ0n) is 12.7. The van der Waals surface area contributed by atoms with Crippen LogP contribution < -0.4 is 10.2 Å². The number of hydrogen-bond acceptors (Lipinski definition) is 2. The maximum Gasteiger partial charge on any atom is 0.0426 e. The van der Waals surface area contributed by atoms with E-state index in [-0.39, 0.29) is 0 Å². The molecule has 108 valence electrons. The first-order valence-electron chi connectivity index (χ1n) is 7.35. The molecule has 0 saturated carbocycles. The van der Waals surface area contributed by atoms with Crippen LogP contribution in [0.4, 0.5) is 5.69 Å². The summed E-state index contributed by atoms with van der Waals surface area (Å²) in [6.07, 6.45) is 2.31. The number of anilines is 1. The second-order valence-corrected chi connectivity index (χ2v) is 5.73. The minimum absolute atomic E-state index is 0.495. The third-order valence-corrected chi connectivity index (χ3v) is 3.31. The van der Waals surface area contributed by atoms with Crippen molar-refractivity contribution in [3.63, 3.8) is 0 Å². The lowest BCUT2D eigenvalue weighted by Gasteiger charge is -2.27. The maximum atomic E-state index is 6.18. The van der Waals surface area contributed by atoms with E-state index >= 15 is 0 Å². The van der Waals surface area contributed by atoms with Crippen LogP contribution in [0.3, 0.4) is 0 Å². The summed E-state index contributed by atoms with van der Waals surface area (Å²) in [6, 6.07) is 6.72. The average Bonchev–Trinajstić information content (AvgIpc) is 2.37. The van der Waals surface area contributed by atoms with Gasteiger partial charge in [-0.3, -0.25) is 0 Å². The molecule has 0 heterocycles. The Morgan fingerprint density at radius 2 is 1.79 bits per heavy atom. The van der Waals surface area contributed by atoms with E-state index in [0.29, 0.717) is 6.04 Å². The van der Waals surface area contributed by atoms with Gasteiger partial charge in [0.15, 0.2) is 0 Å². The van der Waals surface area contributed by atoms with Gasteiger partial charge in [0, 0.05) is 36.4 Å². The first kappa shape index (κ1) is 16.3. The van der Waals surface area contributed by atoms with Gasteiger partial charge < -0.3 is 10.2 Å². The van der Waals surface area contributed by atoms with Crippen LogP contribution in [0, 0.1) is 0 Å². The Morgan fingerprint density at radius 1 is 1.16 bits per heavy atom. The number of benzene rings is 1. The van der Waals surface area contributed by atoms with Gasteiger partial charge in [-0.2, -0.15) is 0 Å². The topological polar surface area (TPSA) is 15.3 Å². The van der Waals surface area contributed by atoms with Crippen molar-refractivity contribution in [2.45, 2.75) is 53.1 Å². The standard InChI is InChI=1S/C16H27ClN2/c1-5-9-19(10-6-2)16-11-15(17)8-7-14(16)12-18-13(3)4/h7-8,11,13,18H,5-6,9-10,12H2,1-4H3. The first-order valence-corrected chi connectivity index (χ1v) is 7.73. The summed E-state index contributed by atoms with van der Waals surface area (Å²) in [7, 11) is 0. The Morgan fingerprint density at radius 3 is 2.32 bits per heavy atom. The van der Waals surface area contributed by atoms with Crippen LogP contribution in [0.1, 0.15) is 46.1 Å². The first-order chi connectivity index (χ1) is 9.08.